The van der Waals surface area contributed by atoms with Crippen LogP contribution in [0.25, 0.3) is 11.1 Å². The Hall–Kier alpha value is -3.39. The van der Waals surface area contributed by atoms with Crippen molar-refractivity contribution < 1.29 is 29.5 Å². The van der Waals surface area contributed by atoms with Crippen molar-refractivity contribution in [2.75, 3.05) is 19.6 Å². The molecule has 5 rings (SSSR count). The van der Waals surface area contributed by atoms with E-state index in [-0.39, 0.29) is 24.6 Å². The third-order valence-corrected chi connectivity index (χ3v) is 8.58. The van der Waals surface area contributed by atoms with Crippen LogP contribution in [0.5, 0.6) is 5.75 Å². The lowest BCUT2D eigenvalue weighted by atomic mass is 9.82. The molecule has 0 saturated carbocycles. The number of fused-ring (bicyclic) bond motifs is 1. The van der Waals surface area contributed by atoms with Gasteiger partial charge in [-0.3, -0.25) is 4.98 Å². The van der Waals surface area contributed by atoms with Crippen LogP contribution in [0.4, 0.5) is 4.79 Å². The van der Waals surface area contributed by atoms with E-state index in [0.29, 0.717) is 24.1 Å². The van der Waals surface area contributed by atoms with Gasteiger partial charge in [0.2, 0.25) is 0 Å². The molecule has 1 saturated heterocycles. The highest BCUT2D eigenvalue weighted by Gasteiger charge is 2.40. The van der Waals surface area contributed by atoms with Gasteiger partial charge in [0.25, 0.3) is 0 Å². The minimum Gasteiger partial charge on any atom is -0.487 e. The van der Waals surface area contributed by atoms with Gasteiger partial charge >= 0.3 is 6.09 Å². The highest BCUT2D eigenvalue weighted by Crippen LogP contribution is 2.41. The van der Waals surface area contributed by atoms with E-state index in [1.165, 1.54) is 4.90 Å². The van der Waals surface area contributed by atoms with Crippen LogP contribution in [0.1, 0.15) is 49.8 Å². The zero-order valence-electron chi connectivity index (χ0n) is 25.4. The molecule has 0 unspecified atom stereocenters. The highest BCUT2D eigenvalue weighted by molar-refractivity contribution is 7.89. The van der Waals surface area contributed by atoms with E-state index >= 15 is 0 Å². The van der Waals surface area contributed by atoms with Gasteiger partial charge in [-0.2, -0.15) is 0 Å². The predicted octanol–water partition coefficient (Wildman–Crippen LogP) is 5.18. The first-order valence-electron chi connectivity index (χ1n) is 14.7. The Kier molecular flexibility index (Phi) is 5.61. The molecule has 0 aliphatic carbocycles. The number of likely N-dealkylation sites (tertiary alicyclic amines) is 1. The molecule has 0 radical (unpaired) electrons. The summed E-state index contributed by atoms with van der Waals surface area (Å²) in [6.45, 7) is -5.59. The molecule has 2 aromatic carbocycles. The SMILES string of the molecule is [2H]C([2H])([2H])C([2H])([2H])OC(=O)N1CCC2(CCc3cc(-c4ccc(CS(=O)(=O)Cc5ccccn5)cc4)ccc3O2)CC1. The van der Waals surface area contributed by atoms with Gasteiger partial charge in [0.1, 0.15) is 11.4 Å². The Balaban J connectivity index is 1.19. The minimum absolute atomic E-state index is 0.0638. The molecule has 1 spiro atoms. The number of ether oxygens (including phenoxy) is 2. The van der Waals surface area contributed by atoms with E-state index in [2.05, 4.69) is 15.8 Å². The lowest BCUT2D eigenvalue weighted by molar-refractivity contribution is -0.0138. The molecule has 1 fully saturated rings. The van der Waals surface area contributed by atoms with Gasteiger partial charge < -0.3 is 14.4 Å². The van der Waals surface area contributed by atoms with Crippen molar-refractivity contribution in [3.05, 3.63) is 83.7 Å². The number of hydrogen-bond acceptors (Lipinski definition) is 6. The number of hydrogen-bond donors (Lipinski definition) is 0. The third kappa shape index (κ3) is 5.96. The van der Waals surface area contributed by atoms with E-state index in [1.807, 2.05) is 36.4 Å². The minimum atomic E-state index is -3.36. The lowest BCUT2D eigenvalue weighted by Crippen LogP contribution is -2.51. The van der Waals surface area contributed by atoms with Gasteiger partial charge in [0, 0.05) is 36.2 Å². The highest BCUT2D eigenvalue weighted by atomic mass is 32.2. The Morgan fingerprint density at radius 2 is 1.86 bits per heavy atom. The van der Waals surface area contributed by atoms with Crippen LogP contribution in [-0.2, 0) is 32.5 Å². The van der Waals surface area contributed by atoms with E-state index in [9.17, 15) is 13.2 Å². The first-order valence-corrected chi connectivity index (χ1v) is 14.1. The van der Waals surface area contributed by atoms with E-state index in [0.717, 1.165) is 35.3 Å². The van der Waals surface area contributed by atoms with E-state index < -0.39 is 34.9 Å². The molecule has 2 aliphatic rings. The fourth-order valence-corrected chi connectivity index (χ4v) is 6.49. The lowest BCUT2D eigenvalue weighted by Gasteiger charge is -2.44. The second-order valence-corrected chi connectivity index (χ2v) is 11.7. The average molecular weight is 526 g/mol. The van der Waals surface area contributed by atoms with Crippen LogP contribution in [0.15, 0.2) is 66.9 Å². The van der Waals surface area contributed by atoms with Crippen LogP contribution < -0.4 is 4.74 Å². The summed E-state index contributed by atoms with van der Waals surface area (Å²) in [5, 5.41) is 0. The maximum atomic E-state index is 12.6. The number of carbonyl (C=O) groups excluding carboxylic acids is 1. The van der Waals surface area contributed by atoms with Gasteiger partial charge in [-0.05, 0) is 66.2 Å². The number of sulfone groups is 1. The average Bonchev–Trinajstić information content (AvgIpc) is 2.93. The third-order valence-electron chi connectivity index (χ3n) is 7.08. The largest absolute Gasteiger partial charge is 0.487 e. The Morgan fingerprint density at radius 3 is 2.59 bits per heavy atom. The Bertz CT molecular complexity index is 1540. The van der Waals surface area contributed by atoms with Crippen molar-refractivity contribution >= 4 is 15.9 Å². The Labute approximate surface area is 225 Å². The van der Waals surface area contributed by atoms with Crippen molar-refractivity contribution in [2.24, 2.45) is 0 Å². The molecule has 2 aliphatic heterocycles. The first-order chi connectivity index (χ1) is 19.7. The molecule has 3 aromatic rings. The summed E-state index contributed by atoms with van der Waals surface area (Å²) >= 11 is 0. The number of pyridine rings is 1. The van der Waals surface area contributed by atoms with Crippen LogP contribution >= 0.6 is 0 Å². The maximum Gasteiger partial charge on any atom is 0.409 e. The molecule has 3 heterocycles. The van der Waals surface area contributed by atoms with Crippen molar-refractivity contribution in [3.8, 4) is 16.9 Å². The quantitative estimate of drug-likeness (QED) is 0.441. The molecular weight excluding hydrogens is 488 g/mol. The smallest absolute Gasteiger partial charge is 0.409 e. The molecule has 7 nitrogen and oxygen atoms in total. The number of rotatable bonds is 6. The fraction of sp³-hybridized carbons (Fsp3) is 0.379. The molecule has 194 valence electrons. The van der Waals surface area contributed by atoms with Crippen molar-refractivity contribution in [2.45, 2.75) is 49.6 Å². The zero-order valence-corrected chi connectivity index (χ0v) is 21.2. The summed E-state index contributed by atoms with van der Waals surface area (Å²) in [7, 11) is -3.36. The molecule has 8 heteroatoms. The zero-order chi connectivity index (χ0) is 30.2. The summed E-state index contributed by atoms with van der Waals surface area (Å²) in [4.78, 5) is 17.8. The second-order valence-electron chi connectivity index (χ2n) is 9.61. The predicted molar refractivity (Wildman–Crippen MR) is 142 cm³/mol. The molecule has 1 aromatic heterocycles. The standard InChI is InChI=1S/C29H32N2O5S/c1-2-35-28(32)31-17-14-29(15-18-31)13-12-25-19-24(10-11-27(25)36-29)23-8-6-22(7-9-23)20-37(33,34)21-26-5-3-4-16-30-26/h3-11,16,19H,2,12-15,17-18,20-21H2,1H3/i1D3,2D2. The van der Waals surface area contributed by atoms with Crippen LogP contribution in [0.2, 0.25) is 0 Å². The summed E-state index contributed by atoms with van der Waals surface area (Å²) in [6.07, 6.45) is 3.16. The Morgan fingerprint density at radius 1 is 1.08 bits per heavy atom. The normalized spacial score (nSPS) is 19.4. The van der Waals surface area contributed by atoms with Gasteiger partial charge in [-0.15, -0.1) is 0 Å². The number of carbonyl (C=O) groups is 1. The molecule has 37 heavy (non-hydrogen) atoms. The van der Waals surface area contributed by atoms with Crippen LogP contribution in [-0.4, -0.2) is 49.6 Å². The number of benzene rings is 2. The number of piperidine rings is 1. The second kappa shape index (κ2) is 10.5. The van der Waals surface area contributed by atoms with Gasteiger partial charge in [0.05, 0.1) is 26.5 Å². The summed E-state index contributed by atoms with van der Waals surface area (Å²) in [6, 6.07) is 18.7. The van der Waals surface area contributed by atoms with Gasteiger partial charge in [0.15, 0.2) is 9.84 Å². The van der Waals surface area contributed by atoms with Crippen molar-refractivity contribution in [1.29, 1.82) is 0 Å². The maximum absolute atomic E-state index is 12.6. The monoisotopic (exact) mass is 525 g/mol. The number of nitrogens with zero attached hydrogens (tertiary/aromatic N) is 2. The number of aromatic nitrogens is 1. The van der Waals surface area contributed by atoms with Crippen molar-refractivity contribution in [3.63, 3.8) is 0 Å². The topological polar surface area (TPSA) is 85.8 Å². The molecule has 1 amide bonds. The van der Waals surface area contributed by atoms with Crippen molar-refractivity contribution in [1.82, 2.24) is 9.88 Å². The first kappa shape index (κ1) is 19.7. The summed E-state index contributed by atoms with van der Waals surface area (Å²) in [5.74, 6) is 0.606. The fourth-order valence-electron chi connectivity index (χ4n) is 5.06. The molecule has 0 atom stereocenters. The van der Waals surface area contributed by atoms with Gasteiger partial charge in [-0.25, -0.2) is 13.2 Å². The number of aryl methyl sites for hydroxylation is 1. The molecule has 0 N–H and O–H groups in total. The van der Waals surface area contributed by atoms with Gasteiger partial charge in [-0.1, -0.05) is 36.4 Å². The summed E-state index contributed by atoms with van der Waals surface area (Å²) in [5.41, 5.74) is 3.80. The van der Waals surface area contributed by atoms with Crippen LogP contribution in [0, 0.1) is 0 Å². The molecule has 0 bridgehead atoms. The van der Waals surface area contributed by atoms with E-state index in [1.54, 1.807) is 24.4 Å². The van der Waals surface area contributed by atoms with Crippen LogP contribution in [0.3, 0.4) is 0 Å². The number of amides is 1. The summed E-state index contributed by atoms with van der Waals surface area (Å²) < 4.78 is 73.2. The molecular formula is C29H32N2O5S. The van der Waals surface area contributed by atoms with E-state index in [4.69, 9.17) is 11.6 Å².